The van der Waals surface area contributed by atoms with Crippen molar-refractivity contribution in [1.82, 2.24) is 9.80 Å². The van der Waals surface area contributed by atoms with Crippen molar-refractivity contribution < 1.29 is 9.13 Å². The van der Waals surface area contributed by atoms with Crippen molar-refractivity contribution in [3.05, 3.63) is 34.6 Å². The number of nitrogens with zero attached hydrogens (tertiary/aromatic N) is 2. The maximum atomic E-state index is 13.8. The Labute approximate surface area is 130 Å². The van der Waals surface area contributed by atoms with Gasteiger partial charge in [0.25, 0.3) is 0 Å². The van der Waals surface area contributed by atoms with Crippen LogP contribution < -0.4 is 0 Å². The van der Waals surface area contributed by atoms with Crippen LogP contribution in [0, 0.1) is 5.82 Å². The largest absolute Gasteiger partial charge is 0.379 e. The monoisotopic (exact) mass is 312 g/mol. The van der Waals surface area contributed by atoms with Gasteiger partial charge >= 0.3 is 0 Å². The predicted molar refractivity (Wildman–Crippen MR) is 82.1 cm³/mol. The fourth-order valence-corrected chi connectivity index (χ4v) is 3.51. The van der Waals surface area contributed by atoms with Crippen LogP contribution in [-0.4, -0.2) is 55.2 Å². The molecule has 2 heterocycles. The standard InChI is InChI=1S/C16H22ClFN2O/c17-15-2-1-3-16(18)14(15)12-19-6-4-13(5-7-19)20-8-10-21-11-9-20/h1-3,13H,4-12H2. The molecular formula is C16H22ClFN2O. The molecule has 3 nitrogen and oxygen atoms in total. The zero-order valence-corrected chi connectivity index (χ0v) is 13.0. The van der Waals surface area contributed by atoms with Crippen LogP contribution >= 0.6 is 11.6 Å². The van der Waals surface area contributed by atoms with Crippen LogP contribution in [0.3, 0.4) is 0 Å². The Morgan fingerprint density at radius 1 is 1.14 bits per heavy atom. The first kappa shape index (κ1) is 15.2. The molecule has 0 amide bonds. The molecule has 0 unspecified atom stereocenters. The molecule has 0 N–H and O–H groups in total. The van der Waals surface area contributed by atoms with E-state index < -0.39 is 0 Å². The first-order chi connectivity index (χ1) is 10.2. The molecule has 0 bridgehead atoms. The molecule has 2 aliphatic rings. The van der Waals surface area contributed by atoms with E-state index in [9.17, 15) is 4.39 Å². The maximum Gasteiger partial charge on any atom is 0.129 e. The van der Waals surface area contributed by atoms with Crippen LogP contribution in [0.5, 0.6) is 0 Å². The summed E-state index contributed by atoms with van der Waals surface area (Å²) in [5.74, 6) is -0.196. The molecule has 116 valence electrons. The maximum absolute atomic E-state index is 13.8. The number of rotatable bonds is 3. The Balaban J connectivity index is 1.54. The first-order valence-corrected chi connectivity index (χ1v) is 8.09. The predicted octanol–water partition coefficient (Wildman–Crippen LogP) is 2.78. The highest BCUT2D eigenvalue weighted by Crippen LogP contribution is 2.24. The Morgan fingerprint density at radius 3 is 2.52 bits per heavy atom. The number of morpholine rings is 1. The number of likely N-dealkylation sites (tertiary alicyclic amines) is 1. The van der Waals surface area contributed by atoms with Crippen LogP contribution in [0.15, 0.2) is 18.2 Å². The lowest BCUT2D eigenvalue weighted by Gasteiger charge is -2.40. The van der Waals surface area contributed by atoms with E-state index in [-0.39, 0.29) is 5.82 Å². The lowest BCUT2D eigenvalue weighted by molar-refractivity contribution is 0.000156. The molecule has 0 aliphatic carbocycles. The van der Waals surface area contributed by atoms with E-state index in [1.165, 1.54) is 6.07 Å². The fraction of sp³-hybridized carbons (Fsp3) is 0.625. The Morgan fingerprint density at radius 2 is 1.86 bits per heavy atom. The highest BCUT2D eigenvalue weighted by Gasteiger charge is 2.26. The van der Waals surface area contributed by atoms with Crippen molar-refractivity contribution in [1.29, 1.82) is 0 Å². The average molecular weight is 313 g/mol. The van der Waals surface area contributed by atoms with Crippen molar-refractivity contribution >= 4 is 11.6 Å². The molecule has 0 saturated carbocycles. The second-order valence-electron chi connectivity index (χ2n) is 5.86. The molecule has 21 heavy (non-hydrogen) atoms. The van der Waals surface area contributed by atoms with Gasteiger partial charge in [0.05, 0.1) is 13.2 Å². The Bertz CT molecular complexity index is 451. The van der Waals surface area contributed by atoms with Crippen LogP contribution in [-0.2, 0) is 11.3 Å². The smallest absolute Gasteiger partial charge is 0.129 e. The van der Waals surface area contributed by atoms with Crippen molar-refractivity contribution in [3.8, 4) is 0 Å². The molecule has 0 radical (unpaired) electrons. The highest BCUT2D eigenvalue weighted by atomic mass is 35.5. The van der Waals surface area contributed by atoms with Gasteiger partial charge in [-0.3, -0.25) is 9.80 Å². The third kappa shape index (κ3) is 3.75. The van der Waals surface area contributed by atoms with Crippen molar-refractivity contribution in [2.75, 3.05) is 39.4 Å². The van der Waals surface area contributed by atoms with Crippen molar-refractivity contribution in [2.24, 2.45) is 0 Å². The molecule has 0 aromatic heterocycles. The zero-order chi connectivity index (χ0) is 14.7. The van der Waals surface area contributed by atoms with Gasteiger partial charge in [0, 0.05) is 36.3 Å². The molecule has 0 spiro atoms. The second kappa shape index (κ2) is 7.05. The lowest BCUT2D eigenvalue weighted by Crippen LogP contribution is -2.48. The number of hydrogen-bond acceptors (Lipinski definition) is 3. The number of piperidine rings is 1. The summed E-state index contributed by atoms with van der Waals surface area (Å²) in [5, 5.41) is 0.533. The number of halogens is 2. The third-order valence-electron chi connectivity index (χ3n) is 4.56. The van der Waals surface area contributed by atoms with Crippen LogP contribution in [0.25, 0.3) is 0 Å². The average Bonchev–Trinajstić information content (AvgIpc) is 2.53. The van der Waals surface area contributed by atoms with Gasteiger partial charge < -0.3 is 4.74 Å². The third-order valence-corrected chi connectivity index (χ3v) is 4.92. The van der Waals surface area contributed by atoms with Gasteiger partial charge in [0.15, 0.2) is 0 Å². The molecule has 2 saturated heterocycles. The second-order valence-corrected chi connectivity index (χ2v) is 6.26. The summed E-state index contributed by atoms with van der Waals surface area (Å²) in [6.45, 7) is 6.42. The van der Waals surface area contributed by atoms with E-state index in [1.807, 2.05) is 0 Å². The van der Waals surface area contributed by atoms with Crippen LogP contribution in [0.1, 0.15) is 18.4 Å². The van der Waals surface area contributed by atoms with Gasteiger partial charge in [0.2, 0.25) is 0 Å². The minimum Gasteiger partial charge on any atom is -0.379 e. The SMILES string of the molecule is Fc1cccc(Cl)c1CN1CCC(N2CCOCC2)CC1. The number of benzene rings is 1. The van der Waals surface area contributed by atoms with Gasteiger partial charge in [-0.05, 0) is 38.1 Å². The lowest BCUT2D eigenvalue weighted by atomic mass is 10.0. The first-order valence-electron chi connectivity index (χ1n) is 7.71. The molecule has 5 heteroatoms. The van der Waals surface area contributed by atoms with Gasteiger partial charge in [-0.1, -0.05) is 17.7 Å². The van der Waals surface area contributed by atoms with E-state index >= 15 is 0 Å². The summed E-state index contributed by atoms with van der Waals surface area (Å²) in [7, 11) is 0. The minimum atomic E-state index is -0.196. The highest BCUT2D eigenvalue weighted by molar-refractivity contribution is 6.31. The number of hydrogen-bond donors (Lipinski definition) is 0. The van der Waals surface area contributed by atoms with Crippen LogP contribution in [0.2, 0.25) is 5.02 Å². The molecular weight excluding hydrogens is 291 g/mol. The molecule has 2 fully saturated rings. The quantitative estimate of drug-likeness (QED) is 0.853. The molecule has 2 aliphatic heterocycles. The molecule has 1 aromatic carbocycles. The normalized spacial score (nSPS) is 22.6. The summed E-state index contributed by atoms with van der Waals surface area (Å²) in [6, 6.07) is 5.56. The summed E-state index contributed by atoms with van der Waals surface area (Å²) < 4.78 is 19.2. The Hall–Kier alpha value is -0.680. The van der Waals surface area contributed by atoms with E-state index in [1.54, 1.807) is 12.1 Å². The molecule has 1 aromatic rings. The van der Waals surface area contributed by atoms with Gasteiger partial charge in [0.1, 0.15) is 5.82 Å². The summed E-state index contributed by atoms with van der Waals surface area (Å²) >= 11 is 6.11. The molecule has 0 atom stereocenters. The fourth-order valence-electron chi connectivity index (χ4n) is 3.29. The van der Waals surface area contributed by atoms with E-state index in [4.69, 9.17) is 16.3 Å². The number of ether oxygens (including phenoxy) is 1. The minimum absolute atomic E-state index is 0.196. The summed E-state index contributed by atoms with van der Waals surface area (Å²) in [6.07, 6.45) is 2.29. The van der Waals surface area contributed by atoms with E-state index in [0.29, 0.717) is 23.2 Å². The van der Waals surface area contributed by atoms with Gasteiger partial charge in [-0.15, -0.1) is 0 Å². The zero-order valence-electron chi connectivity index (χ0n) is 12.2. The summed E-state index contributed by atoms with van der Waals surface area (Å²) in [5.41, 5.74) is 0.629. The van der Waals surface area contributed by atoms with Gasteiger partial charge in [-0.2, -0.15) is 0 Å². The van der Waals surface area contributed by atoms with Crippen molar-refractivity contribution in [2.45, 2.75) is 25.4 Å². The van der Waals surface area contributed by atoms with Crippen LogP contribution in [0.4, 0.5) is 4.39 Å². The summed E-state index contributed by atoms with van der Waals surface area (Å²) in [4.78, 5) is 4.85. The Kier molecular flexibility index (Phi) is 5.11. The van der Waals surface area contributed by atoms with Crippen molar-refractivity contribution in [3.63, 3.8) is 0 Å². The topological polar surface area (TPSA) is 15.7 Å². The van der Waals surface area contributed by atoms with E-state index in [2.05, 4.69) is 9.80 Å². The van der Waals surface area contributed by atoms with E-state index in [0.717, 1.165) is 52.2 Å². The molecule has 3 rings (SSSR count). The van der Waals surface area contributed by atoms with Gasteiger partial charge in [-0.25, -0.2) is 4.39 Å².